The zero-order valence-electron chi connectivity index (χ0n) is 14.3. The number of hydrogen-bond donors (Lipinski definition) is 2. The van der Waals surface area contributed by atoms with Crippen molar-refractivity contribution in [1.29, 1.82) is 0 Å². The van der Waals surface area contributed by atoms with Crippen molar-refractivity contribution in [2.24, 2.45) is 0 Å². The van der Waals surface area contributed by atoms with E-state index >= 15 is 0 Å². The number of rotatable bonds is 8. The number of sulfonamides is 1. The molecule has 0 saturated heterocycles. The van der Waals surface area contributed by atoms with Crippen molar-refractivity contribution >= 4 is 50.9 Å². The molecule has 2 aromatic carbocycles. The van der Waals surface area contributed by atoms with E-state index in [1.807, 2.05) is 0 Å². The molecule has 0 radical (unpaired) electrons. The van der Waals surface area contributed by atoms with Gasteiger partial charge in [-0.3, -0.25) is 4.79 Å². The van der Waals surface area contributed by atoms with E-state index in [1.165, 1.54) is 18.2 Å². The lowest BCUT2D eigenvalue weighted by atomic mass is 10.2. The Morgan fingerprint density at radius 3 is 2.30 bits per heavy atom. The summed E-state index contributed by atoms with van der Waals surface area (Å²) >= 11 is 12.1. The zero-order chi connectivity index (χ0) is 19.9. The molecule has 0 bridgehead atoms. The Morgan fingerprint density at radius 1 is 1.07 bits per heavy atom. The molecule has 2 rings (SSSR count). The van der Waals surface area contributed by atoms with Crippen LogP contribution in [-0.2, 0) is 20.6 Å². The standard InChI is InChI=1S/C19H18Cl2N2O3S/c1-2-12-22-27(25,26)13-14-6-8-15(9-7-14)23-19(24)11-10-16-17(20)4-3-5-18(16)21/h2-11,22H,1,12-13H2,(H,23,24)/b11-10+. The van der Waals surface area contributed by atoms with Crippen molar-refractivity contribution in [1.82, 2.24) is 4.72 Å². The molecular weight excluding hydrogens is 407 g/mol. The molecule has 0 aliphatic heterocycles. The minimum absolute atomic E-state index is 0.153. The molecule has 0 saturated carbocycles. The number of halogens is 2. The van der Waals surface area contributed by atoms with Crippen molar-refractivity contribution in [3.8, 4) is 0 Å². The normalized spacial score (nSPS) is 11.5. The van der Waals surface area contributed by atoms with Gasteiger partial charge in [0.1, 0.15) is 0 Å². The Balaban J connectivity index is 1.99. The number of carbonyl (C=O) groups excluding carboxylic acids is 1. The number of hydrogen-bond acceptors (Lipinski definition) is 3. The lowest BCUT2D eigenvalue weighted by molar-refractivity contribution is -0.111. The van der Waals surface area contributed by atoms with Crippen LogP contribution in [-0.4, -0.2) is 20.9 Å². The maximum absolute atomic E-state index is 12.0. The Kier molecular flexibility index (Phi) is 7.62. The Morgan fingerprint density at radius 2 is 1.70 bits per heavy atom. The minimum Gasteiger partial charge on any atom is -0.323 e. The van der Waals surface area contributed by atoms with Gasteiger partial charge in [0.25, 0.3) is 0 Å². The second-order valence-electron chi connectivity index (χ2n) is 5.55. The van der Waals surface area contributed by atoms with E-state index in [0.717, 1.165) is 0 Å². The van der Waals surface area contributed by atoms with Crippen LogP contribution in [0.15, 0.2) is 61.2 Å². The van der Waals surface area contributed by atoms with Crippen LogP contribution in [0.4, 0.5) is 5.69 Å². The Hall–Kier alpha value is -2.12. The molecule has 0 heterocycles. The predicted molar refractivity (Wildman–Crippen MR) is 111 cm³/mol. The summed E-state index contributed by atoms with van der Waals surface area (Å²) in [6, 6.07) is 11.6. The summed E-state index contributed by atoms with van der Waals surface area (Å²) in [5, 5.41) is 3.58. The summed E-state index contributed by atoms with van der Waals surface area (Å²) in [6.45, 7) is 3.65. The number of amides is 1. The smallest absolute Gasteiger partial charge is 0.248 e. The summed E-state index contributed by atoms with van der Waals surface area (Å²) in [4.78, 5) is 12.0. The van der Waals surface area contributed by atoms with Crippen molar-refractivity contribution in [3.63, 3.8) is 0 Å². The molecule has 0 spiro atoms. The van der Waals surface area contributed by atoms with E-state index in [-0.39, 0.29) is 18.2 Å². The lowest BCUT2D eigenvalue weighted by Gasteiger charge is -2.07. The number of benzene rings is 2. The van der Waals surface area contributed by atoms with Crippen LogP contribution in [0.25, 0.3) is 6.08 Å². The molecule has 27 heavy (non-hydrogen) atoms. The topological polar surface area (TPSA) is 75.3 Å². The largest absolute Gasteiger partial charge is 0.323 e. The third-order valence-corrected chi connectivity index (χ3v) is 5.41. The number of anilines is 1. The van der Waals surface area contributed by atoms with Crippen LogP contribution in [0.2, 0.25) is 10.0 Å². The average Bonchev–Trinajstić information content (AvgIpc) is 2.61. The fourth-order valence-electron chi connectivity index (χ4n) is 2.15. The minimum atomic E-state index is -3.42. The SMILES string of the molecule is C=CCNS(=O)(=O)Cc1ccc(NC(=O)/C=C/c2c(Cl)cccc2Cl)cc1. The first-order valence-corrected chi connectivity index (χ1v) is 10.3. The zero-order valence-corrected chi connectivity index (χ0v) is 16.6. The fourth-order valence-corrected chi connectivity index (χ4v) is 3.78. The van der Waals surface area contributed by atoms with Crippen molar-refractivity contribution in [2.75, 3.05) is 11.9 Å². The van der Waals surface area contributed by atoms with Gasteiger partial charge in [-0.05, 0) is 35.9 Å². The van der Waals surface area contributed by atoms with Crippen LogP contribution in [0.1, 0.15) is 11.1 Å². The summed E-state index contributed by atoms with van der Waals surface area (Å²) in [5.74, 6) is -0.515. The molecule has 5 nitrogen and oxygen atoms in total. The summed E-state index contributed by atoms with van der Waals surface area (Å²) in [6.07, 6.45) is 4.33. The highest BCUT2D eigenvalue weighted by molar-refractivity contribution is 7.88. The van der Waals surface area contributed by atoms with Crippen LogP contribution in [0.3, 0.4) is 0 Å². The molecular formula is C19H18Cl2N2O3S. The fraction of sp³-hybridized carbons (Fsp3) is 0.105. The second-order valence-corrected chi connectivity index (χ2v) is 8.17. The number of carbonyl (C=O) groups is 1. The van der Waals surface area contributed by atoms with E-state index in [2.05, 4.69) is 16.6 Å². The molecule has 142 valence electrons. The van der Waals surface area contributed by atoms with Crippen LogP contribution < -0.4 is 10.0 Å². The van der Waals surface area contributed by atoms with Gasteiger partial charge in [0, 0.05) is 33.9 Å². The van der Waals surface area contributed by atoms with E-state index in [1.54, 1.807) is 42.5 Å². The second kappa shape index (κ2) is 9.71. The van der Waals surface area contributed by atoms with Gasteiger partial charge in [-0.25, -0.2) is 13.1 Å². The third-order valence-electron chi connectivity index (χ3n) is 3.43. The van der Waals surface area contributed by atoms with Crippen molar-refractivity contribution < 1.29 is 13.2 Å². The van der Waals surface area contributed by atoms with Crippen LogP contribution in [0.5, 0.6) is 0 Å². The van der Waals surface area contributed by atoms with E-state index in [9.17, 15) is 13.2 Å². The summed E-state index contributed by atoms with van der Waals surface area (Å²) < 4.78 is 26.1. The van der Waals surface area contributed by atoms with Crippen molar-refractivity contribution in [2.45, 2.75) is 5.75 Å². The first-order chi connectivity index (χ1) is 12.8. The highest BCUT2D eigenvalue weighted by Crippen LogP contribution is 2.25. The van der Waals surface area contributed by atoms with Crippen LogP contribution in [0, 0.1) is 0 Å². The van der Waals surface area contributed by atoms with Crippen molar-refractivity contribution in [3.05, 3.63) is 82.4 Å². The molecule has 1 amide bonds. The predicted octanol–water partition coefficient (Wildman–Crippen LogP) is 4.25. The average molecular weight is 425 g/mol. The molecule has 0 aromatic heterocycles. The highest BCUT2D eigenvalue weighted by Gasteiger charge is 2.10. The molecule has 0 aliphatic rings. The van der Waals surface area contributed by atoms with Gasteiger partial charge in [-0.2, -0.15) is 0 Å². The maximum atomic E-state index is 12.0. The molecule has 0 unspecified atom stereocenters. The van der Waals surface area contributed by atoms with Gasteiger partial charge in [0.2, 0.25) is 15.9 Å². The lowest BCUT2D eigenvalue weighted by Crippen LogP contribution is -2.25. The molecule has 0 atom stereocenters. The molecule has 2 aromatic rings. The quantitative estimate of drug-likeness (QED) is 0.491. The molecule has 2 N–H and O–H groups in total. The first-order valence-electron chi connectivity index (χ1n) is 7.91. The molecule has 8 heteroatoms. The monoisotopic (exact) mass is 424 g/mol. The molecule has 0 fully saturated rings. The van der Waals surface area contributed by atoms with Gasteiger partial charge in [-0.15, -0.1) is 6.58 Å². The summed E-state index contributed by atoms with van der Waals surface area (Å²) in [5.41, 5.74) is 1.70. The van der Waals surface area contributed by atoms with Gasteiger partial charge in [0.05, 0.1) is 5.75 Å². The molecule has 0 aliphatic carbocycles. The Labute approximate surface area is 168 Å². The van der Waals surface area contributed by atoms with E-state index < -0.39 is 10.0 Å². The van der Waals surface area contributed by atoms with Gasteiger partial charge >= 0.3 is 0 Å². The van der Waals surface area contributed by atoms with Gasteiger partial charge in [-0.1, -0.05) is 47.5 Å². The maximum Gasteiger partial charge on any atom is 0.248 e. The Bertz CT molecular complexity index is 935. The number of nitrogens with one attached hydrogen (secondary N) is 2. The van der Waals surface area contributed by atoms with Gasteiger partial charge in [0.15, 0.2) is 0 Å². The highest BCUT2D eigenvalue weighted by atomic mass is 35.5. The van der Waals surface area contributed by atoms with E-state index in [0.29, 0.717) is 26.9 Å². The van der Waals surface area contributed by atoms with Crippen LogP contribution >= 0.6 is 23.2 Å². The van der Waals surface area contributed by atoms with Gasteiger partial charge < -0.3 is 5.32 Å². The van der Waals surface area contributed by atoms with E-state index in [4.69, 9.17) is 23.2 Å². The summed E-state index contributed by atoms with van der Waals surface area (Å²) in [7, 11) is -3.42. The first kappa shape index (κ1) is 21.2. The third kappa shape index (κ3) is 6.84.